The number of halogens is 1. The second-order valence-corrected chi connectivity index (χ2v) is 6.78. The third kappa shape index (κ3) is 6.32. The van der Waals surface area contributed by atoms with E-state index in [9.17, 15) is 4.39 Å². The fourth-order valence-electron chi connectivity index (χ4n) is 3.47. The van der Waals surface area contributed by atoms with Gasteiger partial charge in [0.05, 0.1) is 18.5 Å². The van der Waals surface area contributed by atoms with Gasteiger partial charge >= 0.3 is 0 Å². The van der Waals surface area contributed by atoms with E-state index in [1.165, 1.54) is 11.3 Å². The number of aromatic nitrogens is 1. The number of carbonyl (C=O) groups is 1. The average molecular weight is 373 g/mol. The third-order valence-electron chi connectivity index (χ3n) is 4.92. The van der Waals surface area contributed by atoms with Gasteiger partial charge in [0.25, 0.3) is 0 Å². The first-order valence-corrected chi connectivity index (χ1v) is 9.25. The lowest BCUT2D eigenvalue weighted by atomic mass is 9.82. The summed E-state index contributed by atoms with van der Waals surface area (Å²) in [6.07, 6.45) is 7.10. The lowest BCUT2D eigenvalue weighted by Crippen LogP contribution is -2.32. The predicted molar refractivity (Wildman–Crippen MR) is 105 cm³/mol. The number of anilines is 1. The fourth-order valence-corrected chi connectivity index (χ4v) is 3.47. The summed E-state index contributed by atoms with van der Waals surface area (Å²) in [4.78, 5) is 15.2. The van der Waals surface area contributed by atoms with E-state index >= 15 is 0 Å². The van der Waals surface area contributed by atoms with E-state index in [1.807, 2.05) is 37.5 Å². The minimum Gasteiger partial charge on any atom is -0.381 e. The molecule has 1 aliphatic heterocycles. The third-order valence-corrected chi connectivity index (χ3v) is 4.92. The van der Waals surface area contributed by atoms with Gasteiger partial charge in [-0.05, 0) is 56.0 Å². The van der Waals surface area contributed by atoms with Crippen molar-refractivity contribution in [3.63, 3.8) is 0 Å². The topological polar surface area (TPSA) is 68.4 Å². The molecule has 1 aromatic carbocycles. The summed E-state index contributed by atoms with van der Waals surface area (Å²) in [5, 5.41) is 0. The van der Waals surface area contributed by atoms with Gasteiger partial charge in [0.15, 0.2) is 0 Å². The van der Waals surface area contributed by atoms with Crippen molar-refractivity contribution in [2.24, 2.45) is 11.1 Å². The number of nitrogens with zero attached hydrogens (tertiary/aromatic N) is 2. The Kier molecular flexibility index (Phi) is 8.20. The molecule has 1 atom stereocenters. The molecule has 0 bridgehead atoms. The van der Waals surface area contributed by atoms with Gasteiger partial charge in [-0.25, -0.2) is 4.39 Å². The number of pyridine rings is 1. The molecule has 6 heteroatoms. The van der Waals surface area contributed by atoms with Gasteiger partial charge in [-0.2, -0.15) is 0 Å². The second-order valence-electron chi connectivity index (χ2n) is 6.78. The zero-order chi connectivity index (χ0) is 19.5. The Labute approximate surface area is 160 Å². The predicted octanol–water partition coefficient (Wildman–Crippen LogP) is 3.19. The number of primary amides is 1. The average Bonchev–Trinajstić information content (AvgIpc) is 3.12. The van der Waals surface area contributed by atoms with Crippen LogP contribution in [0.3, 0.4) is 0 Å². The molecule has 2 aromatic rings. The van der Waals surface area contributed by atoms with Gasteiger partial charge in [-0.3, -0.25) is 9.78 Å². The largest absolute Gasteiger partial charge is 0.381 e. The molecule has 1 amide bonds. The number of aryl methyl sites for hydroxylation is 1. The van der Waals surface area contributed by atoms with E-state index in [0.717, 1.165) is 45.6 Å². The molecule has 1 saturated heterocycles. The highest BCUT2D eigenvalue weighted by Gasteiger charge is 2.38. The monoisotopic (exact) mass is 373 g/mol. The molecule has 0 radical (unpaired) electrons. The highest BCUT2D eigenvalue weighted by Crippen LogP contribution is 2.37. The molecule has 3 rings (SSSR count). The lowest BCUT2D eigenvalue weighted by molar-refractivity contribution is -0.106. The lowest BCUT2D eigenvalue weighted by Gasteiger charge is -2.29. The van der Waals surface area contributed by atoms with E-state index < -0.39 is 0 Å². The van der Waals surface area contributed by atoms with Gasteiger partial charge in [-0.15, -0.1) is 0 Å². The van der Waals surface area contributed by atoms with Crippen LogP contribution >= 0.6 is 0 Å². The van der Waals surface area contributed by atoms with Crippen molar-refractivity contribution < 1.29 is 13.9 Å². The van der Waals surface area contributed by atoms with Crippen LogP contribution in [0.4, 0.5) is 10.1 Å². The quantitative estimate of drug-likeness (QED) is 0.757. The summed E-state index contributed by atoms with van der Waals surface area (Å²) >= 11 is 0. The Hall–Kier alpha value is -2.47. The summed E-state index contributed by atoms with van der Waals surface area (Å²) in [5.74, 6) is -0.175. The van der Waals surface area contributed by atoms with Crippen LogP contribution < -0.4 is 10.6 Å². The first-order valence-electron chi connectivity index (χ1n) is 9.25. The zero-order valence-electron chi connectivity index (χ0n) is 15.8. The number of amides is 1. The van der Waals surface area contributed by atoms with Crippen LogP contribution in [0.5, 0.6) is 0 Å². The zero-order valence-corrected chi connectivity index (χ0v) is 15.8. The van der Waals surface area contributed by atoms with Crippen molar-refractivity contribution in [2.75, 3.05) is 31.2 Å². The molecular formula is C21H28FN3O2. The molecule has 2 N–H and O–H groups in total. The number of hydrogen-bond donors (Lipinski definition) is 1. The van der Waals surface area contributed by atoms with Crippen molar-refractivity contribution in [3.05, 3.63) is 60.2 Å². The summed E-state index contributed by atoms with van der Waals surface area (Å²) in [6, 6.07) is 11.0. The van der Waals surface area contributed by atoms with Crippen LogP contribution in [0.1, 0.15) is 25.3 Å². The van der Waals surface area contributed by atoms with Crippen LogP contribution in [0, 0.1) is 11.2 Å². The molecule has 0 spiro atoms. The standard InChI is InChI=1S/C20H25FN2O.CH3NO/c1-2-24-16-20(10-9-17-5-7-18(21)8-6-17)11-13-23(15-20)19-4-3-12-22-14-19;2-1-3/h3-8,12,14H,2,9-11,13,15-16H2,1H3;1H,(H2,2,3). The van der Waals surface area contributed by atoms with Gasteiger partial charge in [0, 0.05) is 31.3 Å². The number of ether oxygens (including phenoxy) is 1. The molecule has 1 aromatic heterocycles. The van der Waals surface area contributed by atoms with Crippen LogP contribution in [0.25, 0.3) is 0 Å². The van der Waals surface area contributed by atoms with Crippen molar-refractivity contribution in [3.8, 4) is 0 Å². The molecule has 27 heavy (non-hydrogen) atoms. The Balaban J connectivity index is 0.000000817. The Morgan fingerprint density at radius 1 is 1.33 bits per heavy atom. The van der Waals surface area contributed by atoms with Gasteiger partial charge in [-0.1, -0.05) is 12.1 Å². The first kappa shape index (κ1) is 20.8. The van der Waals surface area contributed by atoms with Crippen molar-refractivity contribution in [2.45, 2.75) is 26.2 Å². The minimum atomic E-state index is -0.175. The van der Waals surface area contributed by atoms with E-state index in [1.54, 1.807) is 12.1 Å². The number of rotatable bonds is 7. The molecule has 5 nitrogen and oxygen atoms in total. The van der Waals surface area contributed by atoms with Crippen LogP contribution in [-0.4, -0.2) is 37.7 Å². The number of carbonyl (C=O) groups excluding carboxylic acids is 1. The van der Waals surface area contributed by atoms with Gasteiger partial charge < -0.3 is 15.4 Å². The summed E-state index contributed by atoms with van der Waals surface area (Å²) in [5.41, 5.74) is 6.69. The molecule has 2 heterocycles. The van der Waals surface area contributed by atoms with Crippen molar-refractivity contribution in [1.29, 1.82) is 0 Å². The first-order chi connectivity index (χ1) is 13.1. The van der Waals surface area contributed by atoms with Crippen molar-refractivity contribution in [1.82, 2.24) is 4.98 Å². The highest BCUT2D eigenvalue weighted by molar-refractivity contribution is 5.45. The SMILES string of the molecule is CCOCC1(CCc2ccc(F)cc2)CCN(c2cccnc2)C1.NC=O. The smallest absolute Gasteiger partial charge is 0.204 e. The minimum absolute atomic E-state index is 0.153. The maximum atomic E-state index is 13.1. The second kappa shape index (κ2) is 10.6. The molecule has 1 aliphatic rings. The Morgan fingerprint density at radius 3 is 2.70 bits per heavy atom. The maximum absolute atomic E-state index is 13.1. The van der Waals surface area contributed by atoms with Gasteiger partial charge in [0.2, 0.25) is 6.41 Å². The van der Waals surface area contributed by atoms with Crippen LogP contribution in [0.15, 0.2) is 48.8 Å². The number of nitrogens with two attached hydrogens (primary N) is 1. The van der Waals surface area contributed by atoms with Crippen molar-refractivity contribution >= 4 is 12.1 Å². The van der Waals surface area contributed by atoms with E-state index in [4.69, 9.17) is 9.53 Å². The molecule has 146 valence electrons. The Morgan fingerprint density at radius 2 is 2.07 bits per heavy atom. The number of hydrogen-bond acceptors (Lipinski definition) is 4. The maximum Gasteiger partial charge on any atom is 0.204 e. The molecule has 0 aliphatic carbocycles. The van der Waals surface area contributed by atoms with Crippen LogP contribution in [-0.2, 0) is 16.0 Å². The van der Waals surface area contributed by atoms with E-state index in [-0.39, 0.29) is 17.6 Å². The van der Waals surface area contributed by atoms with E-state index in [2.05, 4.69) is 21.7 Å². The molecule has 1 fully saturated rings. The normalized spacial score (nSPS) is 18.7. The molecule has 0 saturated carbocycles. The molecular weight excluding hydrogens is 345 g/mol. The van der Waals surface area contributed by atoms with Gasteiger partial charge in [0.1, 0.15) is 5.82 Å². The molecule has 1 unspecified atom stereocenters. The summed E-state index contributed by atoms with van der Waals surface area (Å²) in [7, 11) is 0. The highest BCUT2D eigenvalue weighted by atomic mass is 19.1. The Bertz CT molecular complexity index is 682. The number of benzene rings is 1. The summed E-state index contributed by atoms with van der Waals surface area (Å²) in [6.45, 7) is 5.58. The summed E-state index contributed by atoms with van der Waals surface area (Å²) < 4.78 is 18.9. The fraction of sp³-hybridized carbons (Fsp3) is 0.429. The van der Waals surface area contributed by atoms with Crippen LogP contribution in [0.2, 0.25) is 0 Å². The van der Waals surface area contributed by atoms with E-state index in [0.29, 0.717) is 0 Å².